The Hall–Kier alpha value is -2.24. The molecule has 116 valence electrons. The van der Waals surface area contributed by atoms with E-state index >= 15 is 0 Å². The van der Waals surface area contributed by atoms with Crippen molar-refractivity contribution >= 4 is 12.0 Å². The summed E-state index contributed by atoms with van der Waals surface area (Å²) >= 11 is 0. The molecule has 0 unspecified atom stereocenters. The molecule has 0 bridgehead atoms. The molecule has 0 aliphatic rings. The lowest BCUT2D eigenvalue weighted by Gasteiger charge is -2.25. The van der Waals surface area contributed by atoms with Gasteiger partial charge in [-0.25, -0.2) is 4.79 Å². The van der Waals surface area contributed by atoms with Crippen molar-refractivity contribution < 1.29 is 19.4 Å². The quantitative estimate of drug-likeness (QED) is 0.803. The van der Waals surface area contributed by atoms with Gasteiger partial charge in [0.2, 0.25) is 0 Å². The van der Waals surface area contributed by atoms with Gasteiger partial charge in [-0.1, -0.05) is 12.1 Å². The molecule has 1 aromatic rings. The Labute approximate surface area is 124 Å². The fourth-order valence-corrected chi connectivity index (χ4v) is 1.88. The fraction of sp³-hybridized carbons (Fsp3) is 0.467. The predicted molar refractivity (Wildman–Crippen MR) is 79.6 cm³/mol. The van der Waals surface area contributed by atoms with Gasteiger partial charge in [-0.3, -0.25) is 4.79 Å². The molecule has 0 aliphatic carbocycles. The van der Waals surface area contributed by atoms with Crippen molar-refractivity contribution in [3.8, 4) is 5.75 Å². The number of hydrogen-bond donors (Lipinski definition) is 2. The number of methoxy groups -OCH3 is 1. The van der Waals surface area contributed by atoms with Crippen molar-refractivity contribution in [1.82, 2.24) is 10.2 Å². The van der Waals surface area contributed by atoms with Crippen molar-refractivity contribution in [2.45, 2.75) is 26.3 Å². The second-order valence-corrected chi connectivity index (χ2v) is 4.95. The normalized spacial score (nSPS) is 10.3. The first-order valence-electron chi connectivity index (χ1n) is 6.83. The zero-order valence-corrected chi connectivity index (χ0v) is 12.6. The molecular formula is C15H22N2O4. The second-order valence-electron chi connectivity index (χ2n) is 4.95. The number of carboxylic acid groups (broad SMARTS) is 1. The molecule has 0 aliphatic heterocycles. The highest BCUT2D eigenvalue weighted by molar-refractivity contribution is 5.80. The van der Waals surface area contributed by atoms with Crippen molar-refractivity contribution in [3.63, 3.8) is 0 Å². The SMILES string of the molecule is COc1cccc(CCNC(=O)N(CC(=O)O)C(C)C)c1. The van der Waals surface area contributed by atoms with E-state index in [4.69, 9.17) is 9.84 Å². The van der Waals surface area contributed by atoms with E-state index in [-0.39, 0.29) is 18.6 Å². The van der Waals surface area contributed by atoms with Crippen LogP contribution in [-0.4, -0.2) is 48.2 Å². The van der Waals surface area contributed by atoms with Crippen LogP contribution in [0.3, 0.4) is 0 Å². The van der Waals surface area contributed by atoms with Crippen LogP contribution in [0.25, 0.3) is 0 Å². The number of carbonyl (C=O) groups is 2. The smallest absolute Gasteiger partial charge is 0.323 e. The van der Waals surface area contributed by atoms with Gasteiger partial charge in [0.05, 0.1) is 7.11 Å². The van der Waals surface area contributed by atoms with Gasteiger partial charge in [0.15, 0.2) is 0 Å². The van der Waals surface area contributed by atoms with Crippen LogP contribution in [0.15, 0.2) is 24.3 Å². The van der Waals surface area contributed by atoms with Crippen molar-refractivity contribution in [2.75, 3.05) is 20.2 Å². The Balaban J connectivity index is 2.49. The van der Waals surface area contributed by atoms with Crippen LogP contribution in [-0.2, 0) is 11.2 Å². The molecule has 2 amide bonds. The summed E-state index contributed by atoms with van der Waals surface area (Å²) in [5, 5.41) is 11.5. The minimum Gasteiger partial charge on any atom is -0.497 e. The van der Waals surface area contributed by atoms with E-state index in [2.05, 4.69) is 5.32 Å². The minimum absolute atomic E-state index is 0.169. The molecule has 0 radical (unpaired) electrons. The van der Waals surface area contributed by atoms with Gasteiger partial charge in [-0.05, 0) is 38.0 Å². The van der Waals surface area contributed by atoms with E-state index in [0.717, 1.165) is 11.3 Å². The van der Waals surface area contributed by atoms with Gasteiger partial charge in [-0.2, -0.15) is 0 Å². The van der Waals surface area contributed by atoms with E-state index < -0.39 is 5.97 Å². The van der Waals surface area contributed by atoms with Gasteiger partial charge < -0.3 is 20.1 Å². The molecule has 1 rings (SSSR count). The highest BCUT2D eigenvalue weighted by Gasteiger charge is 2.19. The molecule has 0 saturated heterocycles. The van der Waals surface area contributed by atoms with Gasteiger partial charge in [-0.15, -0.1) is 0 Å². The van der Waals surface area contributed by atoms with Crippen LogP contribution < -0.4 is 10.1 Å². The summed E-state index contributed by atoms with van der Waals surface area (Å²) in [6.45, 7) is 3.70. The summed E-state index contributed by atoms with van der Waals surface area (Å²) < 4.78 is 5.13. The molecule has 2 N–H and O–H groups in total. The third-order valence-corrected chi connectivity index (χ3v) is 3.01. The summed E-state index contributed by atoms with van der Waals surface area (Å²) in [4.78, 5) is 24.0. The van der Waals surface area contributed by atoms with Crippen molar-refractivity contribution in [1.29, 1.82) is 0 Å². The van der Waals surface area contributed by atoms with E-state index in [1.54, 1.807) is 21.0 Å². The maximum absolute atomic E-state index is 12.0. The number of benzene rings is 1. The average molecular weight is 294 g/mol. The lowest BCUT2D eigenvalue weighted by molar-refractivity contribution is -0.138. The maximum Gasteiger partial charge on any atom is 0.323 e. The molecule has 0 spiro atoms. The van der Waals surface area contributed by atoms with Gasteiger partial charge in [0.1, 0.15) is 12.3 Å². The Kier molecular flexibility index (Phi) is 6.52. The summed E-state index contributed by atoms with van der Waals surface area (Å²) in [6, 6.07) is 7.07. The van der Waals surface area contributed by atoms with Crippen molar-refractivity contribution in [3.05, 3.63) is 29.8 Å². The Bertz CT molecular complexity index is 488. The summed E-state index contributed by atoms with van der Waals surface area (Å²) in [7, 11) is 1.60. The first-order chi connectivity index (χ1) is 9.93. The molecule has 6 nitrogen and oxygen atoms in total. The summed E-state index contributed by atoms with van der Waals surface area (Å²) in [5.74, 6) is -0.250. The molecule has 0 aromatic heterocycles. The number of hydrogen-bond acceptors (Lipinski definition) is 3. The van der Waals surface area contributed by atoms with Gasteiger partial charge in [0.25, 0.3) is 0 Å². The first kappa shape index (κ1) is 16.8. The number of aliphatic carboxylic acids is 1. The number of nitrogens with one attached hydrogen (secondary N) is 1. The highest BCUT2D eigenvalue weighted by Crippen LogP contribution is 2.12. The Morgan fingerprint density at radius 2 is 2.10 bits per heavy atom. The summed E-state index contributed by atoms with van der Waals surface area (Å²) in [6.07, 6.45) is 0.655. The third-order valence-electron chi connectivity index (χ3n) is 3.01. The molecule has 0 heterocycles. The van der Waals surface area contributed by atoms with E-state index in [0.29, 0.717) is 13.0 Å². The number of carbonyl (C=O) groups excluding carboxylic acids is 1. The molecule has 0 saturated carbocycles. The third kappa shape index (κ3) is 5.72. The predicted octanol–water partition coefficient (Wildman–Crippen LogP) is 1.74. The summed E-state index contributed by atoms with van der Waals surface area (Å²) in [5.41, 5.74) is 1.05. The lowest BCUT2D eigenvalue weighted by Crippen LogP contribution is -2.46. The van der Waals surface area contributed by atoms with Crippen LogP contribution in [0.5, 0.6) is 5.75 Å². The number of nitrogens with zero attached hydrogens (tertiary/aromatic N) is 1. The zero-order valence-electron chi connectivity index (χ0n) is 12.6. The molecule has 21 heavy (non-hydrogen) atoms. The highest BCUT2D eigenvalue weighted by atomic mass is 16.5. The molecule has 1 aromatic carbocycles. The first-order valence-corrected chi connectivity index (χ1v) is 6.83. The standard InChI is InChI=1S/C15H22N2O4/c1-11(2)17(10-14(18)19)15(20)16-8-7-12-5-4-6-13(9-12)21-3/h4-6,9,11H,7-8,10H2,1-3H3,(H,16,20)(H,18,19). The number of rotatable bonds is 7. The molecular weight excluding hydrogens is 272 g/mol. The van der Waals surface area contributed by atoms with Crippen molar-refractivity contribution in [2.24, 2.45) is 0 Å². The Morgan fingerprint density at radius 3 is 2.67 bits per heavy atom. The fourth-order valence-electron chi connectivity index (χ4n) is 1.88. The number of amides is 2. The molecule has 0 fully saturated rings. The lowest BCUT2D eigenvalue weighted by atomic mass is 10.1. The molecule has 0 atom stereocenters. The van der Waals surface area contributed by atoms with Crippen LogP contribution in [0.1, 0.15) is 19.4 Å². The molecule has 6 heteroatoms. The van der Waals surface area contributed by atoms with Crippen LogP contribution in [0.2, 0.25) is 0 Å². The maximum atomic E-state index is 12.0. The van der Waals surface area contributed by atoms with E-state index in [9.17, 15) is 9.59 Å². The van der Waals surface area contributed by atoms with Crippen LogP contribution in [0, 0.1) is 0 Å². The average Bonchev–Trinajstić information content (AvgIpc) is 2.44. The van der Waals surface area contributed by atoms with E-state index in [1.807, 2.05) is 24.3 Å². The van der Waals surface area contributed by atoms with Gasteiger partial charge in [0, 0.05) is 12.6 Å². The van der Waals surface area contributed by atoms with Crippen LogP contribution in [0.4, 0.5) is 4.79 Å². The number of ether oxygens (including phenoxy) is 1. The van der Waals surface area contributed by atoms with Crippen LogP contribution >= 0.6 is 0 Å². The largest absolute Gasteiger partial charge is 0.497 e. The number of urea groups is 1. The monoisotopic (exact) mass is 294 g/mol. The van der Waals surface area contributed by atoms with Gasteiger partial charge >= 0.3 is 12.0 Å². The topological polar surface area (TPSA) is 78.9 Å². The number of carboxylic acids is 1. The van der Waals surface area contributed by atoms with E-state index in [1.165, 1.54) is 4.90 Å². The Morgan fingerprint density at radius 1 is 1.38 bits per heavy atom. The zero-order chi connectivity index (χ0) is 15.8. The minimum atomic E-state index is -1.02. The second kappa shape index (κ2) is 8.14.